The Morgan fingerprint density at radius 3 is 2.57 bits per heavy atom. The maximum atomic E-state index is 10.5. The Bertz CT molecular complexity index is 617. The van der Waals surface area contributed by atoms with Gasteiger partial charge in [-0.3, -0.25) is 4.90 Å². The van der Waals surface area contributed by atoms with Crippen molar-refractivity contribution in [3.8, 4) is 5.75 Å². The highest BCUT2D eigenvalue weighted by Gasteiger charge is 2.21. The normalized spacial score (nSPS) is 14.2. The van der Waals surface area contributed by atoms with E-state index in [1.54, 1.807) is 0 Å². The van der Waals surface area contributed by atoms with Gasteiger partial charge in [-0.1, -0.05) is 26.0 Å². The number of nitrogens with zero attached hydrogens (tertiary/aromatic N) is 1. The molecule has 1 aliphatic rings. The van der Waals surface area contributed by atoms with E-state index < -0.39 is 0 Å². The van der Waals surface area contributed by atoms with Gasteiger partial charge in [-0.15, -0.1) is 12.4 Å². The van der Waals surface area contributed by atoms with E-state index in [0.717, 1.165) is 49.2 Å². The standard InChI is InChI=1S/C17H23NO2.ClH/c1-3-18(4-2)11-12-9-10-14-13-7-5-6-8-15(13)20-17(14)16(12)19;/h9-10,19H,3-8,11H2,1-2H3;1H. The minimum Gasteiger partial charge on any atom is -0.504 e. The summed E-state index contributed by atoms with van der Waals surface area (Å²) in [4.78, 5) is 2.30. The number of halogens is 1. The molecule has 1 N–H and O–H groups in total. The van der Waals surface area contributed by atoms with Gasteiger partial charge in [0.05, 0.1) is 0 Å². The summed E-state index contributed by atoms with van der Waals surface area (Å²) in [5, 5.41) is 11.6. The molecule has 1 heterocycles. The van der Waals surface area contributed by atoms with E-state index >= 15 is 0 Å². The fraction of sp³-hybridized carbons (Fsp3) is 0.529. The van der Waals surface area contributed by atoms with Crippen molar-refractivity contribution >= 4 is 23.4 Å². The van der Waals surface area contributed by atoms with Crippen LogP contribution in [0.3, 0.4) is 0 Å². The molecule has 0 fully saturated rings. The summed E-state index contributed by atoms with van der Waals surface area (Å²) in [5.41, 5.74) is 2.98. The molecule has 3 rings (SSSR count). The van der Waals surface area contributed by atoms with Crippen molar-refractivity contribution in [1.29, 1.82) is 0 Å². The molecule has 0 aliphatic heterocycles. The highest BCUT2D eigenvalue weighted by molar-refractivity contribution is 5.88. The van der Waals surface area contributed by atoms with Crippen LogP contribution in [0.2, 0.25) is 0 Å². The van der Waals surface area contributed by atoms with Crippen LogP contribution < -0.4 is 0 Å². The summed E-state index contributed by atoms with van der Waals surface area (Å²) >= 11 is 0. The molecule has 0 saturated carbocycles. The van der Waals surface area contributed by atoms with E-state index in [4.69, 9.17) is 4.42 Å². The summed E-state index contributed by atoms with van der Waals surface area (Å²) in [7, 11) is 0. The van der Waals surface area contributed by atoms with E-state index in [1.165, 1.54) is 18.4 Å². The maximum absolute atomic E-state index is 10.5. The van der Waals surface area contributed by atoms with Gasteiger partial charge in [0.15, 0.2) is 11.3 Å². The molecule has 4 heteroatoms. The third-order valence-corrected chi connectivity index (χ3v) is 4.47. The lowest BCUT2D eigenvalue weighted by atomic mass is 9.95. The number of furan rings is 1. The monoisotopic (exact) mass is 309 g/mol. The lowest BCUT2D eigenvalue weighted by Crippen LogP contribution is -2.22. The molecule has 0 radical (unpaired) electrons. The van der Waals surface area contributed by atoms with E-state index in [9.17, 15) is 5.11 Å². The molecule has 0 bridgehead atoms. The highest BCUT2D eigenvalue weighted by Crippen LogP contribution is 2.38. The lowest BCUT2D eigenvalue weighted by Gasteiger charge is -2.18. The Hall–Kier alpha value is -1.19. The van der Waals surface area contributed by atoms with Crippen molar-refractivity contribution in [2.75, 3.05) is 13.1 Å². The van der Waals surface area contributed by atoms with Crippen LogP contribution in [0.25, 0.3) is 11.0 Å². The molecular formula is C17H24ClNO2. The fourth-order valence-electron chi connectivity index (χ4n) is 3.17. The van der Waals surface area contributed by atoms with Gasteiger partial charge in [0.2, 0.25) is 0 Å². The van der Waals surface area contributed by atoms with Crippen LogP contribution in [0.1, 0.15) is 43.6 Å². The minimum absolute atomic E-state index is 0. The summed E-state index contributed by atoms with van der Waals surface area (Å²) in [6, 6.07) is 4.18. The zero-order chi connectivity index (χ0) is 14.1. The molecular weight excluding hydrogens is 286 g/mol. The first-order valence-corrected chi connectivity index (χ1v) is 7.72. The first kappa shape index (κ1) is 16.2. The lowest BCUT2D eigenvalue weighted by molar-refractivity contribution is 0.290. The number of aromatic hydroxyl groups is 1. The number of phenolic OH excluding ortho intramolecular Hbond substituents is 1. The Balaban J connectivity index is 0.00000161. The third-order valence-electron chi connectivity index (χ3n) is 4.47. The topological polar surface area (TPSA) is 36.6 Å². The first-order chi connectivity index (χ1) is 9.74. The summed E-state index contributed by atoms with van der Waals surface area (Å²) < 4.78 is 5.94. The molecule has 3 nitrogen and oxygen atoms in total. The van der Waals surface area contributed by atoms with Gasteiger partial charge in [0.25, 0.3) is 0 Å². The Kier molecular flexibility index (Phi) is 5.17. The van der Waals surface area contributed by atoms with Gasteiger partial charge in [-0.2, -0.15) is 0 Å². The number of hydrogen-bond acceptors (Lipinski definition) is 3. The van der Waals surface area contributed by atoms with Crippen molar-refractivity contribution in [1.82, 2.24) is 4.90 Å². The van der Waals surface area contributed by atoms with Crippen LogP contribution in [-0.4, -0.2) is 23.1 Å². The van der Waals surface area contributed by atoms with E-state index in [1.807, 2.05) is 0 Å². The predicted octanol–water partition coefficient (Wildman–Crippen LogP) is 4.28. The smallest absolute Gasteiger partial charge is 0.176 e. The Labute approximate surface area is 132 Å². The van der Waals surface area contributed by atoms with Crippen molar-refractivity contribution in [2.24, 2.45) is 0 Å². The average molecular weight is 310 g/mol. The second kappa shape index (κ2) is 6.71. The largest absolute Gasteiger partial charge is 0.504 e. The van der Waals surface area contributed by atoms with Crippen LogP contribution in [-0.2, 0) is 19.4 Å². The fourth-order valence-corrected chi connectivity index (χ4v) is 3.17. The van der Waals surface area contributed by atoms with Crippen molar-refractivity contribution < 1.29 is 9.52 Å². The van der Waals surface area contributed by atoms with Crippen LogP contribution in [0.5, 0.6) is 5.75 Å². The van der Waals surface area contributed by atoms with Gasteiger partial charge < -0.3 is 9.52 Å². The molecule has 116 valence electrons. The number of phenols is 1. The Morgan fingerprint density at radius 2 is 1.86 bits per heavy atom. The predicted molar refractivity (Wildman–Crippen MR) is 88.4 cm³/mol. The van der Waals surface area contributed by atoms with Crippen LogP contribution in [0.15, 0.2) is 16.5 Å². The minimum atomic E-state index is 0. The highest BCUT2D eigenvalue weighted by atomic mass is 35.5. The number of hydrogen-bond donors (Lipinski definition) is 1. The Morgan fingerprint density at radius 1 is 1.14 bits per heavy atom. The summed E-state index contributed by atoms with van der Waals surface area (Å²) in [6.07, 6.45) is 4.51. The van der Waals surface area contributed by atoms with Gasteiger partial charge in [-0.25, -0.2) is 0 Å². The molecule has 1 aromatic heterocycles. The SMILES string of the molecule is CCN(CC)Cc1ccc2c3c(oc2c1O)CCCC3.Cl. The van der Waals surface area contributed by atoms with Gasteiger partial charge in [0.1, 0.15) is 5.76 Å². The van der Waals surface area contributed by atoms with Gasteiger partial charge in [-0.05, 0) is 32.4 Å². The molecule has 21 heavy (non-hydrogen) atoms. The van der Waals surface area contributed by atoms with Crippen LogP contribution in [0.4, 0.5) is 0 Å². The molecule has 0 saturated heterocycles. The molecule has 1 aliphatic carbocycles. The maximum Gasteiger partial charge on any atom is 0.176 e. The number of fused-ring (bicyclic) bond motifs is 3. The van der Waals surface area contributed by atoms with Crippen molar-refractivity contribution in [2.45, 2.75) is 46.1 Å². The van der Waals surface area contributed by atoms with Crippen molar-refractivity contribution in [3.63, 3.8) is 0 Å². The molecule has 0 spiro atoms. The molecule has 0 amide bonds. The number of rotatable bonds is 4. The summed E-state index contributed by atoms with van der Waals surface area (Å²) in [6.45, 7) is 7.04. The second-order valence-corrected chi connectivity index (χ2v) is 5.62. The molecule has 0 unspecified atom stereocenters. The number of aryl methyl sites for hydroxylation is 2. The average Bonchev–Trinajstić information content (AvgIpc) is 2.86. The van der Waals surface area contributed by atoms with E-state index in [0.29, 0.717) is 11.3 Å². The van der Waals surface area contributed by atoms with Crippen molar-refractivity contribution in [3.05, 3.63) is 29.0 Å². The molecule has 1 aromatic carbocycles. The quantitative estimate of drug-likeness (QED) is 0.915. The molecule has 2 aromatic rings. The second-order valence-electron chi connectivity index (χ2n) is 5.62. The van der Waals surface area contributed by atoms with Crippen LogP contribution >= 0.6 is 12.4 Å². The zero-order valence-corrected chi connectivity index (χ0v) is 13.6. The first-order valence-electron chi connectivity index (χ1n) is 7.72. The summed E-state index contributed by atoms with van der Waals surface area (Å²) in [5.74, 6) is 1.42. The van der Waals surface area contributed by atoms with Gasteiger partial charge >= 0.3 is 0 Å². The number of benzene rings is 1. The third kappa shape index (κ3) is 2.90. The van der Waals surface area contributed by atoms with E-state index in [2.05, 4.69) is 30.9 Å². The van der Waals surface area contributed by atoms with E-state index in [-0.39, 0.29) is 12.4 Å². The molecule has 0 atom stereocenters. The zero-order valence-electron chi connectivity index (χ0n) is 12.8. The van der Waals surface area contributed by atoms with Gasteiger partial charge in [0, 0.05) is 29.5 Å². The van der Waals surface area contributed by atoms with Crippen LogP contribution in [0, 0.1) is 0 Å².